The molecule has 2 aromatic heterocycles. The first-order valence-electron chi connectivity index (χ1n) is 10.2. The Balaban J connectivity index is 1.67. The first-order chi connectivity index (χ1) is 15.9. The lowest BCUT2D eigenvalue weighted by Gasteiger charge is -2.14. The van der Waals surface area contributed by atoms with E-state index in [4.69, 9.17) is 37.4 Å². The van der Waals surface area contributed by atoms with Gasteiger partial charge in [-0.3, -0.25) is 10.1 Å². The fourth-order valence-electron chi connectivity index (χ4n) is 3.44. The van der Waals surface area contributed by atoms with Crippen LogP contribution in [0.3, 0.4) is 0 Å². The molecule has 0 saturated carbocycles. The van der Waals surface area contributed by atoms with Crippen LogP contribution in [0.4, 0.5) is 0 Å². The Morgan fingerprint density at radius 1 is 0.970 bits per heavy atom. The number of nitrogens with one attached hydrogen (secondary N) is 1. The third-order valence-corrected chi connectivity index (χ3v) is 5.96. The zero-order valence-corrected chi connectivity index (χ0v) is 20.3. The van der Waals surface area contributed by atoms with Crippen LogP contribution < -0.4 is 14.2 Å². The van der Waals surface area contributed by atoms with Crippen molar-refractivity contribution in [1.82, 2.24) is 20.1 Å². The van der Waals surface area contributed by atoms with Gasteiger partial charge in [0.05, 0.1) is 35.5 Å². The van der Waals surface area contributed by atoms with E-state index in [1.165, 1.54) is 14.2 Å². The molecule has 2 aromatic carbocycles. The third-order valence-electron chi connectivity index (χ3n) is 5.21. The zero-order chi connectivity index (χ0) is 23.5. The lowest BCUT2D eigenvalue weighted by Crippen LogP contribution is -2.19. The van der Waals surface area contributed by atoms with Gasteiger partial charge in [-0.15, -0.1) is 0 Å². The van der Waals surface area contributed by atoms with E-state index < -0.39 is 0 Å². The molecule has 0 aliphatic carbocycles. The number of benzene rings is 2. The summed E-state index contributed by atoms with van der Waals surface area (Å²) in [5, 5.41) is 9.18. The van der Waals surface area contributed by atoms with Gasteiger partial charge in [-0.05, 0) is 44.4 Å². The van der Waals surface area contributed by atoms with Gasteiger partial charge >= 0.3 is 0 Å². The molecule has 0 aliphatic rings. The summed E-state index contributed by atoms with van der Waals surface area (Å²) in [6.07, 6.45) is 1.75. The van der Waals surface area contributed by atoms with Crippen LogP contribution in [0.15, 0.2) is 42.6 Å². The summed E-state index contributed by atoms with van der Waals surface area (Å²) in [5.74, 6) is 1.72. The Morgan fingerprint density at radius 2 is 1.64 bits per heavy atom. The van der Waals surface area contributed by atoms with Crippen LogP contribution in [-0.2, 0) is 0 Å². The maximum atomic E-state index is 6.55. The van der Waals surface area contributed by atoms with E-state index >= 15 is 0 Å². The van der Waals surface area contributed by atoms with Crippen molar-refractivity contribution in [1.29, 1.82) is 0 Å². The van der Waals surface area contributed by atoms with Gasteiger partial charge in [-0.1, -0.05) is 23.2 Å². The molecule has 0 radical (unpaired) electrons. The summed E-state index contributed by atoms with van der Waals surface area (Å²) in [7, 11) is 7.10. The number of hydrogen-bond donors (Lipinski definition) is 1. The number of halogens is 2. The quantitative estimate of drug-likeness (QED) is 0.351. The van der Waals surface area contributed by atoms with Gasteiger partial charge in [0.1, 0.15) is 29.5 Å². The van der Waals surface area contributed by atoms with E-state index in [-0.39, 0.29) is 0 Å². The van der Waals surface area contributed by atoms with Crippen molar-refractivity contribution in [3.8, 4) is 39.8 Å². The largest absolute Gasteiger partial charge is 0.495 e. The minimum Gasteiger partial charge on any atom is -0.495 e. The van der Waals surface area contributed by atoms with E-state index in [1.807, 2.05) is 44.4 Å². The normalized spacial score (nSPS) is 11.2. The van der Waals surface area contributed by atoms with Crippen LogP contribution in [-0.4, -0.2) is 61.5 Å². The van der Waals surface area contributed by atoms with Gasteiger partial charge in [-0.2, -0.15) is 5.10 Å². The molecule has 4 rings (SSSR count). The molecular formula is C24H24Cl2N4O3. The predicted octanol–water partition coefficient (Wildman–Crippen LogP) is 5.56. The van der Waals surface area contributed by atoms with Crippen LogP contribution in [0.25, 0.3) is 33.4 Å². The maximum absolute atomic E-state index is 6.55. The molecule has 4 aromatic rings. The highest BCUT2D eigenvalue weighted by molar-refractivity contribution is 6.41. The van der Waals surface area contributed by atoms with Crippen LogP contribution in [0.2, 0.25) is 10.0 Å². The zero-order valence-electron chi connectivity index (χ0n) is 18.8. The first kappa shape index (κ1) is 23.2. The molecule has 0 spiro atoms. The minimum atomic E-state index is 0.361. The fourth-order valence-corrected chi connectivity index (χ4v) is 4.13. The molecule has 7 nitrogen and oxygen atoms in total. The fraction of sp³-hybridized carbons (Fsp3) is 0.250. The number of likely N-dealkylation sites (N-methyl/N-ethyl adjacent to an activating group) is 1. The van der Waals surface area contributed by atoms with E-state index in [0.29, 0.717) is 39.4 Å². The highest BCUT2D eigenvalue weighted by Crippen LogP contribution is 2.45. The van der Waals surface area contributed by atoms with Gasteiger partial charge in [-0.25, -0.2) is 0 Å². The maximum Gasteiger partial charge on any atom is 0.141 e. The molecule has 0 bridgehead atoms. The summed E-state index contributed by atoms with van der Waals surface area (Å²) in [5.41, 5.74) is 3.66. The van der Waals surface area contributed by atoms with Crippen molar-refractivity contribution in [2.75, 3.05) is 41.5 Å². The Hall–Kier alpha value is -3.00. The Labute approximate surface area is 202 Å². The molecule has 33 heavy (non-hydrogen) atoms. The molecule has 0 amide bonds. The second-order valence-electron chi connectivity index (χ2n) is 7.65. The van der Waals surface area contributed by atoms with Crippen LogP contribution >= 0.6 is 23.2 Å². The van der Waals surface area contributed by atoms with Crippen LogP contribution in [0.5, 0.6) is 17.2 Å². The molecule has 0 atom stereocenters. The molecule has 172 valence electrons. The summed E-state index contributed by atoms with van der Waals surface area (Å²) in [4.78, 5) is 6.69. The lowest BCUT2D eigenvalue weighted by molar-refractivity contribution is 0.261. The Kier molecular flexibility index (Phi) is 6.93. The smallest absolute Gasteiger partial charge is 0.141 e. The number of pyridine rings is 1. The highest BCUT2D eigenvalue weighted by atomic mass is 35.5. The summed E-state index contributed by atoms with van der Waals surface area (Å²) >= 11 is 13.1. The Morgan fingerprint density at radius 3 is 2.24 bits per heavy atom. The van der Waals surface area contributed by atoms with Crippen molar-refractivity contribution >= 4 is 34.1 Å². The van der Waals surface area contributed by atoms with Gasteiger partial charge in [0, 0.05) is 35.3 Å². The average Bonchev–Trinajstić information content (AvgIpc) is 3.23. The SMILES string of the molecule is COc1cc(OC)c(Cl)c(-c2cc3[nH]nc(-c4ccc(OCCN(C)C)cc4)c3cn2)c1Cl. The lowest BCUT2D eigenvalue weighted by atomic mass is 10.1. The number of hydrogen-bond acceptors (Lipinski definition) is 6. The number of nitrogens with zero attached hydrogens (tertiary/aromatic N) is 3. The second-order valence-corrected chi connectivity index (χ2v) is 8.40. The molecule has 0 fully saturated rings. The number of ether oxygens (including phenoxy) is 3. The number of methoxy groups -OCH3 is 2. The van der Waals surface area contributed by atoms with Crippen molar-refractivity contribution < 1.29 is 14.2 Å². The second kappa shape index (κ2) is 9.87. The van der Waals surface area contributed by atoms with Gasteiger partial charge in [0.25, 0.3) is 0 Å². The summed E-state index contributed by atoms with van der Waals surface area (Å²) in [6.45, 7) is 1.48. The monoisotopic (exact) mass is 486 g/mol. The Bertz CT molecular complexity index is 1240. The van der Waals surface area contributed by atoms with Gasteiger partial charge < -0.3 is 19.1 Å². The molecule has 0 saturated heterocycles. The number of fused-ring (bicyclic) bond motifs is 1. The van der Waals surface area contributed by atoms with Crippen molar-refractivity contribution in [2.24, 2.45) is 0 Å². The molecule has 1 N–H and O–H groups in total. The van der Waals surface area contributed by atoms with Crippen molar-refractivity contribution in [3.63, 3.8) is 0 Å². The van der Waals surface area contributed by atoms with Gasteiger partial charge in [0.2, 0.25) is 0 Å². The molecule has 0 aliphatic heterocycles. The van der Waals surface area contributed by atoms with E-state index in [9.17, 15) is 0 Å². The van der Waals surface area contributed by atoms with E-state index in [2.05, 4.69) is 20.1 Å². The van der Waals surface area contributed by atoms with Crippen molar-refractivity contribution in [2.45, 2.75) is 0 Å². The number of H-pyrrole nitrogens is 1. The standard InChI is InChI=1S/C24H24Cl2N4O3/c1-30(2)9-10-33-15-7-5-14(6-8-15)24-16-13-27-18(11-17(16)28-29-24)21-22(25)19(31-3)12-20(32-4)23(21)26/h5-8,11-13H,9-10H2,1-4H3,(H,28,29). The third kappa shape index (κ3) is 4.71. The minimum absolute atomic E-state index is 0.361. The number of aromatic amines is 1. The van der Waals surface area contributed by atoms with Crippen LogP contribution in [0, 0.1) is 0 Å². The molecule has 2 heterocycles. The summed E-state index contributed by atoms with van der Waals surface area (Å²) in [6, 6.07) is 11.3. The van der Waals surface area contributed by atoms with Crippen molar-refractivity contribution in [3.05, 3.63) is 52.6 Å². The number of aromatic nitrogens is 3. The highest BCUT2D eigenvalue weighted by Gasteiger charge is 2.20. The molecule has 0 unspecified atom stereocenters. The van der Waals surface area contributed by atoms with Crippen LogP contribution in [0.1, 0.15) is 0 Å². The van der Waals surface area contributed by atoms with E-state index in [1.54, 1.807) is 12.3 Å². The summed E-state index contributed by atoms with van der Waals surface area (Å²) < 4.78 is 16.5. The predicted molar refractivity (Wildman–Crippen MR) is 132 cm³/mol. The topological polar surface area (TPSA) is 72.5 Å². The molecular weight excluding hydrogens is 463 g/mol. The first-order valence-corrected chi connectivity index (χ1v) is 11.0. The number of rotatable bonds is 8. The molecule has 9 heteroatoms. The average molecular weight is 487 g/mol. The van der Waals surface area contributed by atoms with Gasteiger partial charge in [0.15, 0.2) is 0 Å². The van der Waals surface area contributed by atoms with E-state index in [0.717, 1.165) is 34.5 Å².